The number of rotatable bonds is 11. The number of unbranched alkanes of at least 4 members (excludes halogenated alkanes) is 1. The van der Waals surface area contributed by atoms with Crippen LogP contribution in [0, 0.1) is 0 Å². The molecule has 0 saturated heterocycles. The second-order valence-corrected chi connectivity index (χ2v) is 3.71. The molecule has 0 heterocycles. The van der Waals surface area contributed by atoms with Crippen LogP contribution < -0.4 is 5.32 Å². The van der Waals surface area contributed by atoms with Crippen molar-refractivity contribution >= 4 is 0 Å². The summed E-state index contributed by atoms with van der Waals surface area (Å²) in [5.74, 6) is 0. The van der Waals surface area contributed by atoms with Crippen molar-refractivity contribution in [2.75, 3.05) is 40.0 Å². The number of nitrogens with one attached hydrogen (secondary N) is 1. The standard InChI is InChI=1S/C12H26N2O2/c1-5-7-8-13-12(3)11-16-14(4)9-10-15-6-2/h13H,3,5-11H2,1-2,4H3. The summed E-state index contributed by atoms with van der Waals surface area (Å²) in [6.45, 7) is 11.8. The van der Waals surface area contributed by atoms with Gasteiger partial charge in [0.25, 0.3) is 0 Å². The minimum Gasteiger partial charge on any atom is -0.387 e. The van der Waals surface area contributed by atoms with E-state index in [9.17, 15) is 0 Å². The van der Waals surface area contributed by atoms with Gasteiger partial charge < -0.3 is 10.1 Å². The highest BCUT2D eigenvalue weighted by molar-refractivity contribution is 4.90. The molecule has 0 atom stereocenters. The van der Waals surface area contributed by atoms with Gasteiger partial charge in [0.2, 0.25) is 0 Å². The van der Waals surface area contributed by atoms with Crippen LogP contribution in [0.3, 0.4) is 0 Å². The Labute approximate surface area is 99.6 Å². The molecule has 0 aromatic rings. The average Bonchev–Trinajstić information content (AvgIpc) is 2.27. The maximum atomic E-state index is 5.47. The number of likely N-dealkylation sites (N-methyl/N-ethyl adjacent to an activating group) is 1. The van der Waals surface area contributed by atoms with Gasteiger partial charge in [-0.25, -0.2) is 0 Å². The molecule has 0 amide bonds. The summed E-state index contributed by atoms with van der Waals surface area (Å²) in [5.41, 5.74) is 0.928. The Morgan fingerprint density at radius 3 is 2.75 bits per heavy atom. The van der Waals surface area contributed by atoms with Crippen molar-refractivity contribution in [1.29, 1.82) is 0 Å². The molecule has 4 nitrogen and oxygen atoms in total. The van der Waals surface area contributed by atoms with E-state index in [2.05, 4.69) is 18.8 Å². The molecule has 0 saturated carbocycles. The van der Waals surface area contributed by atoms with E-state index in [0.29, 0.717) is 13.2 Å². The fraction of sp³-hybridized carbons (Fsp3) is 0.833. The Morgan fingerprint density at radius 1 is 1.38 bits per heavy atom. The quantitative estimate of drug-likeness (QED) is 0.433. The molecule has 0 rings (SSSR count). The predicted molar refractivity (Wildman–Crippen MR) is 67.1 cm³/mol. The molecule has 0 aromatic carbocycles. The van der Waals surface area contributed by atoms with Gasteiger partial charge in [-0.05, 0) is 13.3 Å². The van der Waals surface area contributed by atoms with Gasteiger partial charge in [-0.3, -0.25) is 4.84 Å². The van der Waals surface area contributed by atoms with Crippen molar-refractivity contribution in [2.24, 2.45) is 0 Å². The maximum absolute atomic E-state index is 5.47. The molecule has 16 heavy (non-hydrogen) atoms. The van der Waals surface area contributed by atoms with Gasteiger partial charge in [0.15, 0.2) is 0 Å². The topological polar surface area (TPSA) is 33.7 Å². The highest BCUT2D eigenvalue weighted by atomic mass is 16.7. The molecule has 0 radical (unpaired) electrons. The zero-order chi connectivity index (χ0) is 12.2. The molecule has 0 aliphatic rings. The second-order valence-electron chi connectivity index (χ2n) is 3.71. The summed E-state index contributed by atoms with van der Waals surface area (Å²) in [4.78, 5) is 5.47. The van der Waals surface area contributed by atoms with Crippen molar-refractivity contribution in [3.63, 3.8) is 0 Å². The van der Waals surface area contributed by atoms with E-state index in [0.717, 1.165) is 25.4 Å². The zero-order valence-corrected chi connectivity index (χ0v) is 10.9. The van der Waals surface area contributed by atoms with Crippen LogP contribution >= 0.6 is 0 Å². The van der Waals surface area contributed by atoms with E-state index in [4.69, 9.17) is 9.57 Å². The third kappa shape index (κ3) is 9.96. The van der Waals surface area contributed by atoms with E-state index in [1.54, 1.807) is 5.06 Å². The van der Waals surface area contributed by atoms with Crippen molar-refractivity contribution in [1.82, 2.24) is 10.4 Å². The van der Waals surface area contributed by atoms with Crippen molar-refractivity contribution in [2.45, 2.75) is 26.7 Å². The van der Waals surface area contributed by atoms with Gasteiger partial charge in [-0.15, -0.1) is 0 Å². The first-order chi connectivity index (χ1) is 7.70. The summed E-state index contributed by atoms with van der Waals surface area (Å²) in [7, 11) is 1.90. The van der Waals surface area contributed by atoms with E-state index in [1.165, 1.54) is 12.8 Å². The van der Waals surface area contributed by atoms with Crippen LogP contribution in [0.25, 0.3) is 0 Å². The van der Waals surface area contributed by atoms with E-state index >= 15 is 0 Å². The van der Waals surface area contributed by atoms with E-state index < -0.39 is 0 Å². The molecular weight excluding hydrogens is 204 g/mol. The second kappa shape index (κ2) is 10.9. The predicted octanol–water partition coefficient (Wildman–Crippen LogP) is 1.79. The average molecular weight is 230 g/mol. The van der Waals surface area contributed by atoms with Crippen molar-refractivity contribution in [3.8, 4) is 0 Å². The van der Waals surface area contributed by atoms with Crippen LogP contribution in [0.4, 0.5) is 0 Å². The van der Waals surface area contributed by atoms with Gasteiger partial charge in [0, 0.05) is 32.4 Å². The molecule has 4 heteroatoms. The lowest BCUT2D eigenvalue weighted by Gasteiger charge is -2.17. The van der Waals surface area contributed by atoms with Crippen LogP contribution in [0.2, 0.25) is 0 Å². The summed E-state index contributed by atoms with van der Waals surface area (Å²) in [6, 6.07) is 0. The van der Waals surface area contributed by atoms with Gasteiger partial charge in [-0.1, -0.05) is 19.9 Å². The lowest BCUT2D eigenvalue weighted by atomic mass is 10.3. The highest BCUT2D eigenvalue weighted by Crippen LogP contribution is 1.92. The SMILES string of the molecule is C=C(CON(C)CCOCC)NCCCC. The molecule has 1 N–H and O–H groups in total. The molecule has 0 unspecified atom stereocenters. The zero-order valence-electron chi connectivity index (χ0n) is 10.9. The first-order valence-electron chi connectivity index (χ1n) is 6.04. The Morgan fingerprint density at radius 2 is 2.12 bits per heavy atom. The number of hydroxylamine groups is 2. The van der Waals surface area contributed by atoms with Crippen LogP contribution in [-0.4, -0.2) is 45.0 Å². The molecule has 0 fully saturated rings. The monoisotopic (exact) mass is 230 g/mol. The molecule has 0 aromatic heterocycles. The highest BCUT2D eigenvalue weighted by Gasteiger charge is 1.99. The van der Waals surface area contributed by atoms with Crippen molar-refractivity contribution < 1.29 is 9.57 Å². The molecule has 0 aliphatic carbocycles. The minimum atomic E-state index is 0.520. The van der Waals surface area contributed by atoms with Crippen LogP contribution in [-0.2, 0) is 9.57 Å². The normalized spacial score (nSPS) is 10.8. The lowest BCUT2D eigenvalue weighted by molar-refractivity contribution is -0.139. The summed E-state index contributed by atoms with van der Waals surface area (Å²) in [5, 5.41) is 5.01. The Kier molecular flexibility index (Phi) is 10.5. The number of hydrogen-bond acceptors (Lipinski definition) is 4. The van der Waals surface area contributed by atoms with Gasteiger partial charge in [0.1, 0.15) is 6.61 Å². The fourth-order valence-electron chi connectivity index (χ4n) is 1.08. The smallest absolute Gasteiger partial charge is 0.107 e. The Hall–Kier alpha value is -0.580. The third-order valence-electron chi connectivity index (χ3n) is 2.12. The third-order valence-corrected chi connectivity index (χ3v) is 2.12. The Balaban J connectivity index is 3.36. The summed E-state index contributed by atoms with van der Waals surface area (Å²) in [6.07, 6.45) is 2.36. The number of nitrogens with zero attached hydrogens (tertiary/aromatic N) is 1. The van der Waals surface area contributed by atoms with Crippen LogP contribution in [0.1, 0.15) is 26.7 Å². The molecule has 0 spiro atoms. The van der Waals surface area contributed by atoms with Gasteiger partial charge in [0.05, 0.1) is 6.61 Å². The van der Waals surface area contributed by atoms with E-state index in [1.807, 2.05) is 14.0 Å². The van der Waals surface area contributed by atoms with Crippen molar-refractivity contribution in [3.05, 3.63) is 12.3 Å². The first-order valence-corrected chi connectivity index (χ1v) is 6.04. The summed E-state index contributed by atoms with van der Waals surface area (Å²) >= 11 is 0. The first kappa shape index (κ1) is 15.4. The van der Waals surface area contributed by atoms with Crippen LogP contribution in [0.5, 0.6) is 0 Å². The lowest BCUT2D eigenvalue weighted by Crippen LogP contribution is -2.27. The van der Waals surface area contributed by atoms with Gasteiger partial charge in [-0.2, -0.15) is 5.06 Å². The minimum absolute atomic E-state index is 0.520. The number of ether oxygens (including phenoxy) is 1. The number of hydrogen-bond donors (Lipinski definition) is 1. The molecular formula is C12H26N2O2. The van der Waals surface area contributed by atoms with Crippen LogP contribution in [0.15, 0.2) is 12.3 Å². The Bertz CT molecular complexity index is 174. The maximum Gasteiger partial charge on any atom is 0.107 e. The largest absolute Gasteiger partial charge is 0.387 e. The summed E-state index contributed by atoms with van der Waals surface area (Å²) < 4.78 is 5.23. The van der Waals surface area contributed by atoms with Gasteiger partial charge >= 0.3 is 0 Å². The molecule has 96 valence electrons. The fourth-order valence-corrected chi connectivity index (χ4v) is 1.08. The molecule has 0 aliphatic heterocycles. The molecule has 0 bridgehead atoms. The van der Waals surface area contributed by atoms with E-state index in [-0.39, 0.29) is 0 Å².